The summed E-state index contributed by atoms with van der Waals surface area (Å²) in [7, 11) is -0.341. The van der Waals surface area contributed by atoms with Crippen molar-refractivity contribution in [3.05, 3.63) is 66.1 Å². The van der Waals surface area contributed by atoms with E-state index < -0.39 is 0 Å². The van der Waals surface area contributed by atoms with Crippen LogP contribution in [0.4, 0.5) is 0 Å². The average Bonchev–Trinajstić information content (AvgIpc) is 3.02. The molecule has 160 valence electrons. The van der Waals surface area contributed by atoms with Crippen LogP contribution in [0, 0.1) is 5.41 Å². The van der Waals surface area contributed by atoms with Crippen molar-refractivity contribution in [2.24, 2.45) is 5.41 Å². The second-order valence-corrected chi connectivity index (χ2v) is 10.4. The highest BCUT2D eigenvalue weighted by Crippen LogP contribution is 2.69. The lowest BCUT2D eigenvalue weighted by atomic mass is 9.78. The number of aromatic nitrogens is 2. The Balaban J connectivity index is 1.35. The summed E-state index contributed by atoms with van der Waals surface area (Å²) >= 11 is 0. The summed E-state index contributed by atoms with van der Waals surface area (Å²) in [5.41, 5.74) is 2.67. The van der Waals surface area contributed by atoms with E-state index >= 15 is 0 Å². The fraction of sp³-hybridized carbons (Fsp3) is 0.440. The molecule has 1 saturated carbocycles. The Labute approximate surface area is 184 Å². The van der Waals surface area contributed by atoms with Gasteiger partial charge in [-0.1, -0.05) is 73.6 Å². The van der Waals surface area contributed by atoms with Gasteiger partial charge >= 0.3 is 7.12 Å². The van der Waals surface area contributed by atoms with Crippen LogP contribution in [0.5, 0.6) is 0 Å². The zero-order valence-electron chi connectivity index (χ0n) is 19.0. The molecule has 0 bridgehead atoms. The van der Waals surface area contributed by atoms with Crippen molar-refractivity contribution in [2.75, 3.05) is 0 Å². The molecule has 6 heteroatoms. The molecular weight excluding hydrogens is 387 g/mol. The molecule has 3 aromatic rings. The standard InChI is InChI=1S/C25H29BN2O3/c1-23(2)19(20(23)22-27-21(28-29-22)17-10-8-7-9-11-17)16-12-14-18(15-13-16)26-30-24(3,4)25(5,6)31-26/h7-15,19-20H,1-6H3. The quantitative estimate of drug-likeness (QED) is 0.564. The fourth-order valence-electron chi connectivity index (χ4n) is 4.63. The topological polar surface area (TPSA) is 57.4 Å². The maximum Gasteiger partial charge on any atom is 0.494 e. The van der Waals surface area contributed by atoms with Crippen molar-refractivity contribution in [2.45, 2.75) is 64.6 Å². The Kier molecular flexibility index (Phi) is 4.48. The van der Waals surface area contributed by atoms with E-state index in [2.05, 4.69) is 71.0 Å². The lowest BCUT2D eigenvalue weighted by Crippen LogP contribution is -2.41. The summed E-state index contributed by atoms with van der Waals surface area (Å²) < 4.78 is 18.1. The zero-order chi connectivity index (χ0) is 22.0. The molecule has 2 unspecified atom stereocenters. The maximum absolute atomic E-state index is 6.19. The van der Waals surface area contributed by atoms with Crippen LogP contribution in [0.1, 0.15) is 64.8 Å². The van der Waals surface area contributed by atoms with Crippen LogP contribution in [0.15, 0.2) is 59.1 Å². The predicted molar refractivity (Wildman–Crippen MR) is 121 cm³/mol. The van der Waals surface area contributed by atoms with Gasteiger partial charge in [0.05, 0.1) is 17.1 Å². The van der Waals surface area contributed by atoms with Gasteiger partial charge in [-0.3, -0.25) is 0 Å². The molecule has 1 aliphatic heterocycles. The van der Waals surface area contributed by atoms with Gasteiger partial charge in [-0.15, -0.1) is 0 Å². The maximum atomic E-state index is 6.19. The number of hydrogen-bond donors (Lipinski definition) is 0. The Morgan fingerprint density at radius 2 is 1.39 bits per heavy atom. The van der Waals surface area contributed by atoms with Gasteiger partial charge in [0.25, 0.3) is 0 Å². The summed E-state index contributed by atoms with van der Waals surface area (Å²) in [6, 6.07) is 18.5. The van der Waals surface area contributed by atoms with Crippen molar-refractivity contribution in [3.63, 3.8) is 0 Å². The molecular formula is C25H29BN2O3. The van der Waals surface area contributed by atoms with E-state index in [9.17, 15) is 0 Å². The molecule has 31 heavy (non-hydrogen) atoms. The molecule has 0 N–H and O–H groups in total. The van der Waals surface area contributed by atoms with Crippen LogP contribution in [0.25, 0.3) is 11.4 Å². The van der Waals surface area contributed by atoms with Crippen LogP contribution < -0.4 is 5.46 Å². The molecule has 0 spiro atoms. The van der Waals surface area contributed by atoms with Gasteiger partial charge in [0.1, 0.15) is 0 Å². The number of benzene rings is 2. The first kappa shape index (κ1) is 20.5. The third-order valence-electron chi connectivity index (χ3n) is 7.39. The largest absolute Gasteiger partial charge is 0.494 e. The highest BCUT2D eigenvalue weighted by Gasteiger charge is 2.62. The first-order chi connectivity index (χ1) is 14.6. The third kappa shape index (κ3) is 3.33. The van der Waals surface area contributed by atoms with Gasteiger partial charge in [-0.25, -0.2) is 0 Å². The van der Waals surface area contributed by atoms with Crippen molar-refractivity contribution >= 4 is 12.6 Å². The van der Waals surface area contributed by atoms with E-state index in [0.717, 1.165) is 11.0 Å². The highest BCUT2D eigenvalue weighted by atomic mass is 16.7. The van der Waals surface area contributed by atoms with E-state index in [1.54, 1.807) is 0 Å². The number of hydrogen-bond acceptors (Lipinski definition) is 5. The normalized spacial score (nSPS) is 25.5. The van der Waals surface area contributed by atoms with E-state index in [1.165, 1.54) is 5.56 Å². The average molecular weight is 416 g/mol. The zero-order valence-corrected chi connectivity index (χ0v) is 19.0. The Hall–Kier alpha value is -2.44. The Morgan fingerprint density at radius 1 is 0.774 bits per heavy atom. The van der Waals surface area contributed by atoms with Gasteiger partial charge in [0.15, 0.2) is 0 Å². The molecule has 2 fully saturated rings. The van der Waals surface area contributed by atoms with Crippen molar-refractivity contribution < 1.29 is 13.8 Å². The summed E-state index contributed by atoms with van der Waals surface area (Å²) in [6.07, 6.45) is 0. The molecule has 2 atom stereocenters. The van der Waals surface area contributed by atoms with Gasteiger partial charge < -0.3 is 13.8 Å². The van der Waals surface area contributed by atoms with Crippen molar-refractivity contribution in [3.8, 4) is 11.4 Å². The monoisotopic (exact) mass is 416 g/mol. The van der Waals surface area contributed by atoms with Gasteiger partial charge in [0.2, 0.25) is 11.7 Å². The third-order valence-corrected chi connectivity index (χ3v) is 7.39. The molecule has 2 aromatic carbocycles. The summed E-state index contributed by atoms with van der Waals surface area (Å²) in [4.78, 5) is 4.71. The van der Waals surface area contributed by atoms with Gasteiger partial charge in [-0.2, -0.15) is 4.98 Å². The van der Waals surface area contributed by atoms with Crippen molar-refractivity contribution in [1.29, 1.82) is 0 Å². The minimum absolute atomic E-state index is 0.0619. The lowest BCUT2D eigenvalue weighted by molar-refractivity contribution is 0.00578. The summed E-state index contributed by atoms with van der Waals surface area (Å²) in [5.74, 6) is 1.90. The van der Waals surface area contributed by atoms with Gasteiger partial charge in [-0.05, 0) is 44.1 Å². The Bertz CT molecular complexity index is 1070. The molecule has 5 rings (SSSR count). The van der Waals surface area contributed by atoms with Crippen LogP contribution >= 0.6 is 0 Å². The van der Waals surface area contributed by atoms with E-state index in [-0.39, 0.29) is 29.7 Å². The summed E-state index contributed by atoms with van der Waals surface area (Å²) in [5, 5.41) is 4.22. The Morgan fingerprint density at radius 3 is 2.00 bits per heavy atom. The van der Waals surface area contributed by atoms with Crippen molar-refractivity contribution in [1.82, 2.24) is 10.1 Å². The summed E-state index contributed by atoms with van der Waals surface area (Å²) in [6.45, 7) is 12.8. The second-order valence-electron chi connectivity index (χ2n) is 10.4. The molecule has 0 radical (unpaired) electrons. The molecule has 5 nitrogen and oxygen atoms in total. The first-order valence-electron chi connectivity index (χ1n) is 10.9. The molecule has 0 amide bonds. The molecule has 2 aliphatic rings. The highest BCUT2D eigenvalue weighted by molar-refractivity contribution is 6.62. The molecule has 1 aliphatic carbocycles. The van der Waals surface area contributed by atoms with E-state index in [0.29, 0.717) is 17.6 Å². The first-order valence-corrected chi connectivity index (χ1v) is 10.9. The SMILES string of the molecule is CC1(C)C(c2ccc(B3OC(C)(C)C(C)(C)O3)cc2)C1c1nc(-c2ccccc2)no1. The smallest absolute Gasteiger partial charge is 0.399 e. The van der Waals surface area contributed by atoms with Crippen LogP contribution in [0.3, 0.4) is 0 Å². The number of nitrogens with zero attached hydrogens (tertiary/aromatic N) is 2. The van der Waals surface area contributed by atoms with Crippen LogP contribution in [0.2, 0.25) is 0 Å². The van der Waals surface area contributed by atoms with Gasteiger partial charge in [0, 0.05) is 11.5 Å². The van der Waals surface area contributed by atoms with Crippen LogP contribution in [-0.2, 0) is 9.31 Å². The number of rotatable bonds is 4. The molecule has 1 aromatic heterocycles. The molecule has 1 saturated heterocycles. The molecule has 2 heterocycles. The minimum Gasteiger partial charge on any atom is -0.399 e. The minimum atomic E-state index is -0.341. The fourth-order valence-corrected chi connectivity index (χ4v) is 4.63. The van der Waals surface area contributed by atoms with Crippen LogP contribution in [-0.4, -0.2) is 28.5 Å². The lowest BCUT2D eigenvalue weighted by Gasteiger charge is -2.32. The second kappa shape index (κ2) is 6.78. The van der Waals surface area contributed by atoms with E-state index in [4.69, 9.17) is 18.8 Å². The van der Waals surface area contributed by atoms with E-state index in [1.807, 2.05) is 30.3 Å². The predicted octanol–water partition coefficient (Wildman–Crippen LogP) is 4.94.